The summed E-state index contributed by atoms with van der Waals surface area (Å²) in [4.78, 5) is 13.5. The Hall–Kier alpha value is 0.371. The fraction of sp³-hybridized carbons (Fsp3) is 0.960. The third-order valence-electron chi connectivity index (χ3n) is 5.32. The number of isocyanates is 1. The van der Waals surface area contributed by atoms with Crippen molar-refractivity contribution in [2.45, 2.75) is 84.7 Å². The standard InChI is InChI=1S/C10H21NO4Si.C9H22O3SSi.C6H16O3SSi/c1-4-13-16(14-5-2,15-6-3)9-7-8-11-10-12;1-5-9(13)14(10-6-2,11-7-3)12-8-4;1-7-11(8-2,9-3)6-4-5-10/h4-9H2,1-3H3;9,13H,5-8H2,1-4H3;10H,4-6H2,1-3H3. The van der Waals surface area contributed by atoms with Crippen molar-refractivity contribution in [1.29, 1.82) is 0 Å². The zero-order chi connectivity index (χ0) is 32.0. The Kier molecular flexibility index (Phi) is 34.0. The van der Waals surface area contributed by atoms with Gasteiger partial charge in [0, 0.05) is 73.1 Å². The van der Waals surface area contributed by atoms with E-state index >= 15 is 0 Å². The van der Waals surface area contributed by atoms with Crippen LogP contribution in [0.1, 0.15) is 67.7 Å². The minimum absolute atomic E-state index is 0.0716. The third kappa shape index (κ3) is 20.9. The zero-order valence-corrected chi connectivity index (χ0v) is 32.0. The van der Waals surface area contributed by atoms with Gasteiger partial charge in [-0.25, -0.2) is 9.79 Å². The summed E-state index contributed by atoms with van der Waals surface area (Å²) in [7, 11) is -2.49. The lowest BCUT2D eigenvalue weighted by Crippen LogP contribution is -2.54. The maximum absolute atomic E-state index is 9.93. The Labute approximate surface area is 264 Å². The Morgan fingerprint density at radius 2 is 1.05 bits per heavy atom. The average molecular weight is 682 g/mol. The van der Waals surface area contributed by atoms with E-state index in [-0.39, 0.29) is 4.87 Å². The summed E-state index contributed by atoms with van der Waals surface area (Å²) >= 11 is 8.60. The minimum atomic E-state index is -2.54. The molecule has 0 N–H and O–H groups in total. The van der Waals surface area contributed by atoms with E-state index in [2.05, 4.69) is 37.2 Å². The first kappa shape index (κ1) is 45.8. The lowest BCUT2D eigenvalue weighted by molar-refractivity contribution is 0.0690. The van der Waals surface area contributed by atoms with E-state index in [1.165, 1.54) is 6.08 Å². The Morgan fingerprint density at radius 3 is 1.34 bits per heavy atom. The summed E-state index contributed by atoms with van der Waals surface area (Å²) in [5.41, 5.74) is 0. The van der Waals surface area contributed by atoms with Gasteiger partial charge in [0.2, 0.25) is 6.08 Å². The number of aliphatic imine (C=N–C) groups is 1. The number of rotatable bonds is 24. The van der Waals surface area contributed by atoms with Gasteiger partial charge in [0.15, 0.2) is 0 Å². The van der Waals surface area contributed by atoms with Crippen LogP contribution in [0.4, 0.5) is 0 Å². The van der Waals surface area contributed by atoms with Crippen molar-refractivity contribution in [3.05, 3.63) is 0 Å². The molecule has 0 saturated heterocycles. The van der Waals surface area contributed by atoms with Crippen LogP contribution in [0.15, 0.2) is 4.99 Å². The molecule has 1 unspecified atom stereocenters. The topological polar surface area (TPSA) is 113 Å². The highest BCUT2D eigenvalue weighted by Crippen LogP contribution is 2.22. The summed E-state index contributed by atoms with van der Waals surface area (Å²) in [6.45, 7) is 17.7. The van der Waals surface area contributed by atoms with E-state index in [0.717, 1.165) is 31.1 Å². The van der Waals surface area contributed by atoms with Crippen molar-refractivity contribution in [3.8, 4) is 0 Å². The molecular weight excluding hydrogens is 623 g/mol. The van der Waals surface area contributed by atoms with Crippen molar-refractivity contribution in [2.75, 3.05) is 73.3 Å². The van der Waals surface area contributed by atoms with Crippen LogP contribution in [-0.2, 0) is 44.6 Å². The molecule has 0 amide bonds. The van der Waals surface area contributed by atoms with Crippen LogP contribution < -0.4 is 0 Å². The van der Waals surface area contributed by atoms with Gasteiger partial charge in [0.05, 0.1) is 11.4 Å². The molecule has 0 aliphatic rings. The quantitative estimate of drug-likeness (QED) is 0.0462. The van der Waals surface area contributed by atoms with E-state index in [1.807, 2.05) is 41.5 Å². The zero-order valence-electron chi connectivity index (χ0n) is 27.2. The molecule has 16 heteroatoms. The van der Waals surface area contributed by atoms with Gasteiger partial charge in [0.25, 0.3) is 0 Å². The number of hydrogen-bond donors (Lipinski definition) is 2. The minimum Gasteiger partial charge on any atom is -0.377 e. The smallest absolute Gasteiger partial charge is 0.377 e. The maximum Gasteiger partial charge on any atom is 0.514 e. The van der Waals surface area contributed by atoms with E-state index in [1.54, 1.807) is 21.3 Å². The lowest BCUT2D eigenvalue weighted by atomic mass is 10.5. The van der Waals surface area contributed by atoms with Crippen molar-refractivity contribution in [2.24, 2.45) is 4.99 Å². The van der Waals surface area contributed by atoms with Crippen molar-refractivity contribution < 1.29 is 44.6 Å². The predicted octanol–water partition coefficient (Wildman–Crippen LogP) is 5.23. The van der Waals surface area contributed by atoms with Crippen molar-refractivity contribution in [1.82, 2.24) is 0 Å². The van der Waals surface area contributed by atoms with Crippen LogP contribution in [0, 0.1) is 0 Å². The molecule has 0 saturated carbocycles. The first-order valence-corrected chi connectivity index (χ1v) is 21.3. The molecule has 0 aromatic rings. The fourth-order valence-electron chi connectivity index (χ4n) is 3.54. The van der Waals surface area contributed by atoms with Gasteiger partial charge in [-0.2, -0.15) is 25.3 Å². The number of hydrogen-bond acceptors (Lipinski definition) is 13. The summed E-state index contributed by atoms with van der Waals surface area (Å²) in [5.74, 6) is 0.838. The normalized spacial score (nSPS) is 12.5. The average Bonchev–Trinajstić information content (AvgIpc) is 2.97. The van der Waals surface area contributed by atoms with Gasteiger partial charge in [-0.1, -0.05) is 6.92 Å². The van der Waals surface area contributed by atoms with Gasteiger partial charge in [-0.3, -0.25) is 0 Å². The summed E-state index contributed by atoms with van der Waals surface area (Å²) in [6.07, 6.45) is 4.10. The summed E-state index contributed by atoms with van der Waals surface area (Å²) in [5, 5.41) is 0. The maximum atomic E-state index is 9.93. The summed E-state index contributed by atoms with van der Waals surface area (Å²) in [6, 6.07) is 1.52. The largest absolute Gasteiger partial charge is 0.514 e. The van der Waals surface area contributed by atoms with Crippen molar-refractivity contribution >= 4 is 57.8 Å². The summed E-state index contributed by atoms with van der Waals surface area (Å²) < 4.78 is 49.6. The SMILES string of the molecule is CCO[Si](CCCN=C=O)(OCC)OCC.CCO[Si](OCC)(OCC)C(S)CC.CO[Si](CCCS)(OC)OC. The molecule has 0 fully saturated rings. The van der Waals surface area contributed by atoms with E-state index in [9.17, 15) is 4.79 Å². The van der Waals surface area contributed by atoms with Gasteiger partial charge in [-0.05, 0) is 66.6 Å². The molecular formula is C25H59NO10S2Si3. The fourth-order valence-corrected chi connectivity index (χ4v) is 11.5. The van der Waals surface area contributed by atoms with Crippen LogP contribution in [0.2, 0.25) is 12.1 Å². The predicted molar refractivity (Wildman–Crippen MR) is 177 cm³/mol. The van der Waals surface area contributed by atoms with Gasteiger partial charge >= 0.3 is 26.4 Å². The highest BCUT2D eigenvalue weighted by molar-refractivity contribution is 7.83. The molecule has 11 nitrogen and oxygen atoms in total. The third-order valence-corrected chi connectivity index (χ3v) is 16.2. The molecule has 0 bridgehead atoms. The monoisotopic (exact) mass is 681 g/mol. The van der Waals surface area contributed by atoms with Crippen LogP contribution in [-0.4, -0.2) is 111 Å². The Bertz CT molecular complexity index is 580. The second-order valence-corrected chi connectivity index (χ2v) is 18.2. The van der Waals surface area contributed by atoms with Gasteiger partial charge < -0.3 is 39.8 Å². The second-order valence-electron chi connectivity index (χ2n) is 8.01. The first-order valence-electron chi connectivity index (χ1n) is 14.5. The van der Waals surface area contributed by atoms with Gasteiger partial charge in [-0.15, -0.1) is 0 Å². The molecule has 0 aromatic heterocycles. The van der Waals surface area contributed by atoms with Gasteiger partial charge in [0.1, 0.15) is 0 Å². The lowest BCUT2D eigenvalue weighted by Gasteiger charge is -2.32. The molecule has 0 radical (unpaired) electrons. The molecule has 1 atom stereocenters. The Balaban J connectivity index is -0.000000538. The highest BCUT2D eigenvalue weighted by atomic mass is 32.1. The molecule has 41 heavy (non-hydrogen) atoms. The second kappa shape index (κ2) is 30.4. The molecule has 0 aliphatic carbocycles. The highest BCUT2D eigenvalue weighted by Gasteiger charge is 2.46. The number of carbonyl (C=O) groups excluding carboxylic acids is 1. The first-order chi connectivity index (χ1) is 19.6. The van der Waals surface area contributed by atoms with Crippen LogP contribution in [0.25, 0.3) is 0 Å². The van der Waals surface area contributed by atoms with E-state index in [0.29, 0.717) is 52.2 Å². The Morgan fingerprint density at radius 1 is 0.659 bits per heavy atom. The number of thiol groups is 2. The molecule has 0 heterocycles. The molecule has 248 valence electrons. The molecule has 0 rings (SSSR count). The van der Waals surface area contributed by atoms with E-state index < -0.39 is 26.4 Å². The van der Waals surface area contributed by atoms with Crippen LogP contribution >= 0.6 is 25.3 Å². The van der Waals surface area contributed by atoms with Crippen molar-refractivity contribution in [3.63, 3.8) is 0 Å². The number of nitrogens with zero attached hydrogens (tertiary/aromatic N) is 1. The molecule has 0 spiro atoms. The van der Waals surface area contributed by atoms with Crippen LogP contribution in [0.3, 0.4) is 0 Å². The molecule has 0 aromatic carbocycles. The van der Waals surface area contributed by atoms with E-state index in [4.69, 9.17) is 39.8 Å². The van der Waals surface area contributed by atoms with Crippen LogP contribution in [0.5, 0.6) is 0 Å². The molecule has 0 aliphatic heterocycles.